The number of anilines is 2. The molecule has 0 saturated carbocycles. The first-order chi connectivity index (χ1) is 22.0. The van der Waals surface area contributed by atoms with Crippen molar-refractivity contribution in [3.8, 4) is 0 Å². The Morgan fingerprint density at radius 3 is 1.18 bits per heavy atom. The second-order valence-electron chi connectivity index (χ2n) is 11.5. The minimum absolute atomic E-state index is 0.0287. The van der Waals surface area contributed by atoms with E-state index in [0.29, 0.717) is 0 Å². The van der Waals surface area contributed by atoms with Crippen molar-refractivity contribution in [2.45, 2.75) is 31.6 Å². The summed E-state index contributed by atoms with van der Waals surface area (Å²) in [6.07, 6.45) is 0. The van der Waals surface area contributed by atoms with E-state index in [-0.39, 0.29) is 17.7 Å². The van der Waals surface area contributed by atoms with Crippen molar-refractivity contribution in [1.29, 1.82) is 0 Å². The second kappa shape index (κ2) is 11.8. The van der Waals surface area contributed by atoms with Crippen LogP contribution in [-0.4, -0.2) is 23.2 Å². The zero-order valence-electron chi connectivity index (χ0n) is 25.1. The van der Waals surface area contributed by atoms with Crippen LogP contribution >= 0.6 is 0 Å². The van der Waals surface area contributed by atoms with Crippen LogP contribution in [0.4, 0.5) is 11.4 Å². The van der Waals surface area contributed by atoms with Crippen LogP contribution in [0.3, 0.4) is 0 Å². The molecule has 0 spiro atoms. The molecular formula is C39H32N4O2. The molecule has 0 radical (unpaired) electrons. The first-order valence-corrected chi connectivity index (χ1v) is 15.1. The molecule has 2 unspecified atom stereocenters. The number of carbonyl (C=O) groups excluding carboxylic acids is 2. The molecule has 0 aliphatic carbocycles. The smallest absolute Gasteiger partial charge is 0.260 e. The highest BCUT2D eigenvalue weighted by atomic mass is 16.2. The molecule has 7 rings (SSSR count). The van der Waals surface area contributed by atoms with Gasteiger partial charge in [-0.3, -0.25) is 9.59 Å². The highest BCUT2D eigenvalue weighted by Crippen LogP contribution is 2.37. The third kappa shape index (κ3) is 5.25. The van der Waals surface area contributed by atoms with Gasteiger partial charge in [0, 0.05) is 5.92 Å². The molecule has 0 saturated heterocycles. The number of carbonyl (C=O) groups is 2. The summed E-state index contributed by atoms with van der Waals surface area (Å²) < 4.78 is 0. The molecule has 0 aromatic heterocycles. The largest absolute Gasteiger partial charge is 0.271 e. The summed E-state index contributed by atoms with van der Waals surface area (Å²) in [4.78, 5) is 26.9. The summed E-state index contributed by atoms with van der Waals surface area (Å²) in [5.41, 5.74) is 8.31. The Balaban J connectivity index is 1.16. The van der Waals surface area contributed by atoms with Crippen LogP contribution < -0.4 is 10.0 Å². The molecule has 5 aromatic carbocycles. The maximum Gasteiger partial charge on any atom is 0.260 e. The highest BCUT2D eigenvalue weighted by molar-refractivity contribution is 6.19. The Morgan fingerprint density at radius 2 is 0.800 bits per heavy atom. The van der Waals surface area contributed by atoms with Crippen LogP contribution in [0, 0.1) is 0 Å². The van der Waals surface area contributed by atoms with Gasteiger partial charge in [-0.1, -0.05) is 115 Å². The first kappa shape index (κ1) is 28.2. The quantitative estimate of drug-likeness (QED) is 0.182. The van der Waals surface area contributed by atoms with E-state index in [2.05, 4.69) is 58.7 Å². The average Bonchev–Trinajstić information content (AvgIpc) is 3.56. The average molecular weight is 589 g/mol. The van der Waals surface area contributed by atoms with E-state index >= 15 is 0 Å². The molecule has 2 heterocycles. The SMILES string of the molecule is CC1=NN(c2ccccc2)C(=O)C1c1ccc(C(c2ccccc2)c2ccc(C3C(=O)N(c4ccccc4)N=C3C)cc2)cc1. The zero-order valence-corrected chi connectivity index (χ0v) is 25.1. The zero-order chi connectivity index (χ0) is 30.9. The normalized spacial score (nSPS) is 18.6. The second-order valence-corrected chi connectivity index (χ2v) is 11.5. The van der Waals surface area contributed by atoms with E-state index in [1.165, 1.54) is 10.0 Å². The van der Waals surface area contributed by atoms with Crippen LogP contribution in [0.5, 0.6) is 0 Å². The van der Waals surface area contributed by atoms with E-state index in [1.807, 2.05) is 105 Å². The van der Waals surface area contributed by atoms with Gasteiger partial charge in [0.25, 0.3) is 11.8 Å². The minimum Gasteiger partial charge on any atom is -0.271 e. The number of benzene rings is 5. The third-order valence-electron chi connectivity index (χ3n) is 8.60. The van der Waals surface area contributed by atoms with E-state index < -0.39 is 11.8 Å². The number of hydrazone groups is 2. The van der Waals surface area contributed by atoms with Gasteiger partial charge in [0.05, 0.1) is 22.8 Å². The molecule has 2 amide bonds. The highest BCUT2D eigenvalue weighted by Gasteiger charge is 2.37. The summed E-state index contributed by atoms with van der Waals surface area (Å²) in [6, 6.07) is 46.1. The molecule has 6 heteroatoms. The van der Waals surface area contributed by atoms with Gasteiger partial charge in [-0.15, -0.1) is 0 Å². The van der Waals surface area contributed by atoms with Crippen molar-refractivity contribution in [2.24, 2.45) is 10.2 Å². The molecule has 5 aromatic rings. The number of nitrogens with zero attached hydrogens (tertiary/aromatic N) is 4. The van der Waals surface area contributed by atoms with Gasteiger partial charge in [0.1, 0.15) is 11.8 Å². The Bertz CT molecular complexity index is 1780. The summed E-state index contributed by atoms with van der Waals surface area (Å²) in [5, 5.41) is 12.2. The van der Waals surface area contributed by atoms with Crippen molar-refractivity contribution >= 4 is 34.6 Å². The van der Waals surface area contributed by atoms with Gasteiger partial charge < -0.3 is 0 Å². The maximum atomic E-state index is 13.4. The maximum absolute atomic E-state index is 13.4. The Hall–Kier alpha value is -5.62. The fourth-order valence-corrected chi connectivity index (χ4v) is 6.39. The number of para-hydroxylation sites is 2. The lowest BCUT2D eigenvalue weighted by Gasteiger charge is -2.21. The van der Waals surface area contributed by atoms with Crippen LogP contribution in [0.25, 0.3) is 0 Å². The Labute approximate surface area is 263 Å². The molecule has 0 bridgehead atoms. The van der Waals surface area contributed by atoms with Crippen molar-refractivity contribution < 1.29 is 9.59 Å². The molecular weight excluding hydrogens is 556 g/mol. The molecule has 0 N–H and O–H groups in total. The molecule has 2 aliphatic rings. The van der Waals surface area contributed by atoms with Gasteiger partial charge in [-0.05, 0) is 65.9 Å². The number of hydrogen-bond donors (Lipinski definition) is 0. The standard InChI is InChI=1S/C39H32N4O2/c1-26-35(38(44)42(40-26)33-14-8-4-9-15-33)29-18-22-31(23-19-29)37(28-12-6-3-7-13-28)32-24-20-30(21-25-32)36-27(2)41-43(39(36)45)34-16-10-5-11-17-34/h3-25,35-37H,1-2H3. The topological polar surface area (TPSA) is 65.3 Å². The first-order valence-electron chi connectivity index (χ1n) is 15.1. The number of amides is 2. The van der Waals surface area contributed by atoms with Crippen molar-refractivity contribution in [3.63, 3.8) is 0 Å². The van der Waals surface area contributed by atoms with Gasteiger partial charge in [0.2, 0.25) is 0 Å². The molecule has 6 nitrogen and oxygen atoms in total. The minimum atomic E-state index is -0.419. The fourth-order valence-electron chi connectivity index (χ4n) is 6.39. The monoisotopic (exact) mass is 588 g/mol. The van der Waals surface area contributed by atoms with Gasteiger partial charge >= 0.3 is 0 Å². The van der Waals surface area contributed by atoms with Crippen molar-refractivity contribution in [3.05, 3.63) is 167 Å². The Morgan fingerprint density at radius 1 is 0.467 bits per heavy atom. The molecule has 2 atom stereocenters. The lowest BCUT2D eigenvalue weighted by molar-refractivity contribution is -0.118. The Kier molecular flexibility index (Phi) is 7.39. The van der Waals surface area contributed by atoms with Crippen LogP contribution in [0.1, 0.15) is 59.4 Å². The predicted octanol–water partition coefficient (Wildman–Crippen LogP) is 7.88. The van der Waals surface area contributed by atoms with Gasteiger partial charge in [0.15, 0.2) is 0 Å². The number of hydrogen-bond acceptors (Lipinski definition) is 4. The summed E-state index contributed by atoms with van der Waals surface area (Å²) in [5.74, 6) is -0.962. The van der Waals surface area contributed by atoms with E-state index in [0.717, 1.165) is 50.6 Å². The lowest BCUT2D eigenvalue weighted by Crippen LogP contribution is -2.25. The van der Waals surface area contributed by atoms with E-state index in [1.54, 1.807) is 0 Å². The predicted molar refractivity (Wildman–Crippen MR) is 180 cm³/mol. The van der Waals surface area contributed by atoms with Crippen LogP contribution in [-0.2, 0) is 9.59 Å². The van der Waals surface area contributed by atoms with Crippen LogP contribution in [0.15, 0.2) is 150 Å². The fraction of sp³-hybridized carbons (Fsp3) is 0.128. The van der Waals surface area contributed by atoms with Gasteiger partial charge in [-0.25, -0.2) is 0 Å². The van der Waals surface area contributed by atoms with E-state index in [4.69, 9.17) is 0 Å². The number of rotatable bonds is 7. The molecule has 220 valence electrons. The van der Waals surface area contributed by atoms with E-state index in [9.17, 15) is 9.59 Å². The lowest BCUT2D eigenvalue weighted by atomic mass is 9.83. The molecule has 45 heavy (non-hydrogen) atoms. The third-order valence-corrected chi connectivity index (χ3v) is 8.60. The summed E-state index contributed by atoms with van der Waals surface area (Å²) in [6.45, 7) is 3.82. The molecule has 2 aliphatic heterocycles. The van der Waals surface area contributed by atoms with Gasteiger partial charge in [-0.2, -0.15) is 20.2 Å². The summed E-state index contributed by atoms with van der Waals surface area (Å²) >= 11 is 0. The van der Waals surface area contributed by atoms with Crippen LogP contribution in [0.2, 0.25) is 0 Å². The summed E-state index contributed by atoms with van der Waals surface area (Å²) in [7, 11) is 0. The molecule has 0 fully saturated rings. The van der Waals surface area contributed by atoms with Crippen molar-refractivity contribution in [1.82, 2.24) is 0 Å². The van der Waals surface area contributed by atoms with Crippen molar-refractivity contribution in [2.75, 3.05) is 10.0 Å².